The van der Waals surface area contributed by atoms with Crippen molar-refractivity contribution in [2.75, 3.05) is 0 Å². The zero-order valence-corrected chi connectivity index (χ0v) is 7.00. The van der Waals surface area contributed by atoms with Crippen molar-refractivity contribution in [3.05, 3.63) is 35.8 Å². The van der Waals surface area contributed by atoms with E-state index in [1.54, 1.807) is 18.2 Å². The Balaban J connectivity index is 2.75. The summed E-state index contributed by atoms with van der Waals surface area (Å²) in [5, 5.41) is 0.616. The average Bonchev–Trinajstić information content (AvgIpc) is 2.49. The van der Waals surface area contributed by atoms with Crippen LogP contribution < -0.4 is 0 Å². The molecular formula is C10H7FO2. The van der Waals surface area contributed by atoms with E-state index in [9.17, 15) is 9.18 Å². The summed E-state index contributed by atoms with van der Waals surface area (Å²) in [4.78, 5) is 10.9. The zero-order chi connectivity index (χ0) is 9.42. The largest absolute Gasteiger partial charge is 0.450 e. The number of furan rings is 1. The van der Waals surface area contributed by atoms with Crippen LogP contribution in [-0.2, 0) is 0 Å². The van der Waals surface area contributed by atoms with Gasteiger partial charge in [0.1, 0.15) is 0 Å². The van der Waals surface area contributed by atoms with Crippen molar-refractivity contribution in [2.45, 2.75) is 6.92 Å². The number of ketones is 1. The predicted octanol–water partition coefficient (Wildman–Crippen LogP) is 2.77. The van der Waals surface area contributed by atoms with Crippen LogP contribution in [0.1, 0.15) is 17.5 Å². The van der Waals surface area contributed by atoms with Gasteiger partial charge in [-0.1, -0.05) is 12.1 Å². The molecule has 2 rings (SSSR count). The van der Waals surface area contributed by atoms with E-state index in [4.69, 9.17) is 4.42 Å². The van der Waals surface area contributed by atoms with Gasteiger partial charge in [0.2, 0.25) is 0 Å². The number of para-hydroxylation sites is 1. The molecule has 66 valence electrons. The molecule has 0 aliphatic heterocycles. The summed E-state index contributed by atoms with van der Waals surface area (Å²) in [6, 6.07) is 6.13. The number of carbonyl (C=O) groups is 1. The van der Waals surface area contributed by atoms with Crippen LogP contribution in [0.25, 0.3) is 11.0 Å². The third kappa shape index (κ3) is 1.22. The van der Waals surface area contributed by atoms with E-state index in [1.165, 1.54) is 13.0 Å². The average molecular weight is 178 g/mol. The van der Waals surface area contributed by atoms with Gasteiger partial charge in [0.05, 0.1) is 0 Å². The Kier molecular flexibility index (Phi) is 1.65. The molecule has 0 saturated carbocycles. The molecule has 1 heterocycles. The summed E-state index contributed by atoms with van der Waals surface area (Å²) in [6.07, 6.45) is 0. The van der Waals surface area contributed by atoms with Crippen LogP contribution in [0, 0.1) is 5.82 Å². The van der Waals surface area contributed by atoms with E-state index in [-0.39, 0.29) is 17.1 Å². The van der Waals surface area contributed by atoms with Gasteiger partial charge in [0, 0.05) is 12.3 Å². The van der Waals surface area contributed by atoms with Crippen LogP contribution in [0.5, 0.6) is 0 Å². The fourth-order valence-electron chi connectivity index (χ4n) is 1.20. The number of hydrogen-bond donors (Lipinski definition) is 0. The van der Waals surface area contributed by atoms with Gasteiger partial charge >= 0.3 is 0 Å². The van der Waals surface area contributed by atoms with Gasteiger partial charge in [0.25, 0.3) is 0 Å². The highest BCUT2D eigenvalue weighted by Gasteiger charge is 2.10. The summed E-state index contributed by atoms with van der Waals surface area (Å²) in [6.45, 7) is 1.38. The highest BCUT2D eigenvalue weighted by molar-refractivity contribution is 5.95. The molecular weight excluding hydrogens is 171 g/mol. The molecule has 1 aromatic carbocycles. The lowest BCUT2D eigenvalue weighted by molar-refractivity contribution is 0.0989. The molecule has 0 N–H and O–H groups in total. The first-order valence-electron chi connectivity index (χ1n) is 3.87. The molecule has 2 aromatic rings. The number of fused-ring (bicyclic) bond motifs is 1. The fraction of sp³-hybridized carbons (Fsp3) is 0.100. The summed E-state index contributed by atoms with van der Waals surface area (Å²) >= 11 is 0. The van der Waals surface area contributed by atoms with Crippen molar-refractivity contribution >= 4 is 16.8 Å². The van der Waals surface area contributed by atoms with E-state index in [1.807, 2.05) is 0 Å². The standard InChI is InChI=1S/C10H7FO2/c1-6(12)9-5-7-3-2-4-8(11)10(7)13-9/h2-5H,1H3. The fourth-order valence-corrected chi connectivity index (χ4v) is 1.20. The van der Waals surface area contributed by atoms with E-state index < -0.39 is 5.82 Å². The molecule has 0 aliphatic carbocycles. The Hall–Kier alpha value is -1.64. The quantitative estimate of drug-likeness (QED) is 0.628. The van der Waals surface area contributed by atoms with E-state index in [0.717, 1.165) is 0 Å². The lowest BCUT2D eigenvalue weighted by Crippen LogP contribution is -1.85. The SMILES string of the molecule is CC(=O)c1cc2cccc(F)c2o1. The number of hydrogen-bond acceptors (Lipinski definition) is 2. The van der Waals surface area contributed by atoms with E-state index in [2.05, 4.69) is 0 Å². The van der Waals surface area contributed by atoms with Crippen LogP contribution >= 0.6 is 0 Å². The number of benzene rings is 1. The van der Waals surface area contributed by atoms with Crippen LogP contribution in [0.15, 0.2) is 28.7 Å². The number of halogens is 1. The Morgan fingerprint density at radius 3 is 2.85 bits per heavy atom. The first kappa shape index (κ1) is 7.98. The highest BCUT2D eigenvalue weighted by Crippen LogP contribution is 2.21. The predicted molar refractivity (Wildman–Crippen MR) is 46.2 cm³/mol. The smallest absolute Gasteiger partial charge is 0.194 e. The molecule has 0 spiro atoms. The minimum Gasteiger partial charge on any atom is -0.450 e. The first-order valence-corrected chi connectivity index (χ1v) is 3.87. The lowest BCUT2D eigenvalue weighted by atomic mass is 10.2. The summed E-state index contributed by atoms with van der Waals surface area (Å²) < 4.78 is 18.1. The van der Waals surface area contributed by atoms with Crippen molar-refractivity contribution < 1.29 is 13.6 Å². The molecule has 2 nitrogen and oxygen atoms in total. The Bertz CT molecular complexity index is 471. The topological polar surface area (TPSA) is 30.2 Å². The van der Waals surface area contributed by atoms with Crippen LogP contribution in [0.3, 0.4) is 0 Å². The molecule has 13 heavy (non-hydrogen) atoms. The normalized spacial score (nSPS) is 10.6. The van der Waals surface area contributed by atoms with Crippen molar-refractivity contribution in [3.63, 3.8) is 0 Å². The zero-order valence-electron chi connectivity index (χ0n) is 7.00. The van der Waals surface area contributed by atoms with Gasteiger partial charge < -0.3 is 4.42 Å². The van der Waals surface area contributed by atoms with Crippen LogP contribution in [0.4, 0.5) is 4.39 Å². The summed E-state index contributed by atoms with van der Waals surface area (Å²) in [5.41, 5.74) is 0.146. The van der Waals surface area contributed by atoms with Gasteiger partial charge in [-0.3, -0.25) is 4.79 Å². The minimum atomic E-state index is -0.440. The molecule has 0 radical (unpaired) electrons. The van der Waals surface area contributed by atoms with Crippen molar-refractivity contribution in [2.24, 2.45) is 0 Å². The molecule has 3 heteroatoms. The summed E-state index contributed by atoms with van der Waals surface area (Å²) in [7, 11) is 0. The molecule has 0 amide bonds. The van der Waals surface area contributed by atoms with Gasteiger partial charge in [-0.15, -0.1) is 0 Å². The number of Topliss-reactive ketones (excluding diaryl/α,β-unsaturated/α-hetero) is 1. The maximum atomic E-state index is 13.1. The second-order valence-corrected chi connectivity index (χ2v) is 2.83. The van der Waals surface area contributed by atoms with Gasteiger partial charge in [-0.25, -0.2) is 4.39 Å². The van der Waals surface area contributed by atoms with E-state index in [0.29, 0.717) is 5.39 Å². The molecule has 0 bridgehead atoms. The third-order valence-electron chi connectivity index (χ3n) is 1.84. The lowest BCUT2D eigenvalue weighted by Gasteiger charge is -1.88. The molecule has 0 unspecified atom stereocenters. The van der Waals surface area contributed by atoms with Crippen LogP contribution in [0.2, 0.25) is 0 Å². The first-order chi connectivity index (χ1) is 6.18. The molecule has 0 atom stereocenters. The second kappa shape index (κ2) is 2.69. The molecule has 0 saturated heterocycles. The molecule has 0 fully saturated rings. The number of carbonyl (C=O) groups excluding carboxylic acids is 1. The Morgan fingerprint density at radius 1 is 1.46 bits per heavy atom. The third-order valence-corrected chi connectivity index (χ3v) is 1.84. The second-order valence-electron chi connectivity index (χ2n) is 2.83. The highest BCUT2D eigenvalue weighted by atomic mass is 19.1. The maximum absolute atomic E-state index is 13.1. The van der Waals surface area contributed by atoms with Crippen molar-refractivity contribution in [1.29, 1.82) is 0 Å². The summed E-state index contributed by atoms with van der Waals surface area (Å²) in [5.74, 6) is -0.444. The van der Waals surface area contributed by atoms with Crippen molar-refractivity contribution in [1.82, 2.24) is 0 Å². The van der Waals surface area contributed by atoms with E-state index >= 15 is 0 Å². The molecule has 1 aromatic heterocycles. The van der Waals surface area contributed by atoms with Gasteiger partial charge in [0.15, 0.2) is 22.9 Å². The monoisotopic (exact) mass is 178 g/mol. The Morgan fingerprint density at radius 2 is 2.23 bits per heavy atom. The number of rotatable bonds is 1. The maximum Gasteiger partial charge on any atom is 0.194 e. The van der Waals surface area contributed by atoms with Gasteiger partial charge in [-0.05, 0) is 12.1 Å². The molecule has 0 aliphatic rings. The van der Waals surface area contributed by atoms with Gasteiger partial charge in [-0.2, -0.15) is 0 Å². The minimum absolute atomic E-state index is 0.146. The Labute approximate surface area is 74.0 Å². The van der Waals surface area contributed by atoms with Crippen molar-refractivity contribution in [3.8, 4) is 0 Å². The van der Waals surface area contributed by atoms with Crippen LogP contribution in [-0.4, -0.2) is 5.78 Å².